The number of nitrogens with zero attached hydrogens (tertiary/aromatic N) is 1. The maximum Gasteiger partial charge on any atom is 0.0621 e. The summed E-state index contributed by atoms with van der Waals surface area (Å²) in [6.45, 7) is 5.49. The van der Waals surface area contributed by atoms with Crippen LogP contribution < -0.4 is 5.32 Å². The van der Waals surface area contributed by atoms with Crippen molar-refractivity contribution in [2.75, 3.05) is 6.54 Å². The summed E-state index contributed by atoms with van der Waals surface area (Å²) in [5.41, 5.74) is 2.50. The molecule has 1 N–H and O–H groups in total. The Morgan fingerprint density at radius 1 is 1.19 bits per heavy atom. The molecule has 1 aromatic carbocycles. The van der Waals surface area contributed by atoms with Gasteiger partial charge < -0.3 is 5.32 Å². The lowest BCUT2D eigenvalue weighted by Crippen LogP contribution is -2.28. The quantitative estimate of drug-likeness (QED) is 0.805. The summed E-state index contributed by atoms with van der Waals surface area (Å²) in [7, 11) is 0. The van der Waals surface area contributed by atoms with E-state index in [1.54, 1.807) is 6.20 Å². The monoisotopic (exact) mass is 302 g/mol. The Labute approximate surface area is 132 Å². The molecule has 1 aromatic heterocycles. The highest BCUT2D eigenvalue weighted by molar-refractivity contribution is 6.31. The Balaban J connectivity index is 2.14. The van der Waals surface area contributed by atoms with Gasteiger partial charge in [-0.05, 0) is 42.5 Å². The molecule has 2 nitrogen and oxygen atoms in total. The highest BCUT2D eigenvalue weighted by Crippen LogP contribution is 2.27. The molecule has 112 valence electrons. The topological polar surface area (TPSA) is 24.9 Å². The lowest BCUT2D eigenvalue weighted by molar-refractivity contribution is 0.384. The molecule has 0 saturated heterocycles. The summed E-state index contributed by atoms with van der Waals surface area (Å²) < 4.78 is 0. The molecule has 0 spiro atoms. The first-order valence-corrected chi connectivity index (χ1v) is 7.97. The number of aromatic nitrogens is 1. The Kier molecular flexibility index (Phi) is 6.21. The summed E-state index contributed by atoms with van der Waals surface area (Å²) in [5, 5.41) is 4.42. The van der Waals surface area contributed by atoms with Gasteiger partial charge in [0.2, 0.25) is 0 Å². The van der Waals surface area contributed by atoms with Gasteiger partial charge in [-0.25, -0.2) is 0 Å². The van der Waals surface area contributed by atoms with Gasteiger partial charge in [0, 0.05) is 18.4 Å². The Morgan fingerprint density at radius 3 is 2.62 bits per heavy atom. The average molecular weight is 303 g/mol. The number of halogens is 1. The molecule has 0 amide bonds. The molecule has 0 fully saturated rings. The van der Waals surface area contributed by atoms with Gasteiger partial charge in [0.25, 0.3) is 0 Å². The molecule has 2 unspecified atom stereocenters. The third-order valence-corrected chi connectivity index (χ3v) is 4.08. The fourth-order valence-electron chi connectivity index (χ4n) is 2.64. The summed E-state index contributed by atoms with van der Waals surface area (Å²) in [4.78, 5) is 4.06. The van der Waals surface area contributed by atoms with Gasteiger partial charge in [-0.2, -0.15) is 0 Å². The molecule has 1 heterocycles. The fourth-order valence-corrected chi connectivity index (χ4v) is 2.84. The molecular formula is C18H23ClN2. The number of pyridine rings is 1. The molecule has 0 aliphatic rings. The molecule has 0 bridgehead atoms. The molecule has 0 aliphatic carbocycles. The van der Waals surface area contributed by atoms with Gasteiger partial charge >= 0.3 is 0 Å². The maximum atomic E-state index is 6.24. The minimum Gasteiger partial charge on any atom is -0.310 e. The van der Waals surface area contributed by atoms with Gasteiger partial charge in [0.1, 0.15) is 0 Å². The average Bonchev–Trinajstić information content (AvgIpc) is 2.51. The molecule has 3 heteroatoms. The Morgan fingerprint density at radius 2 is 1.95 bits per heavy atom. The molecule has 0 aliphatic heterocycles. The predicted molar refractivity (Wildman–Crippen MR) is 89.6 cm³/mol. The third kappa shape index (κ3) is 4.55. The van der Waals surface area contributed by atoms with E-state index in [4.69, 9.17) is 11.6 Å². The van der Waals surface area contributed by atoms with E-state index >= 15 is 0 Å². The Bertz CT molecular complexity index is 542. The summed E-state index contributed by atoms with van der Waals surface area (Å²) in [6, 6.07) is 13.0. The van der Waals surface area contributed by atoms with Crippen molar-refractivity contribution in [1.29, 1.82) is 0 Å². The third-order valence-electron chi connectivity index (χ3n) is 3.74. The van der Waals surface area contributed by atoms with E-state index in [1.807, 2.05) is 12.3 Å². The van der Waals surface area contributed by atoms with Crippen LogP contribution in [0.1, 0.15) is 37.4 Å². The lowest BCUT2D eigenvalue weighted by atomic mass is 9.89. The second-order valence-electron chi connectivity index (χ2n) is 5.49. The van der Waals surface area contributed by atoms with Crippen LogP contribution in [0.4, 0.5) is 0 Å². The van der Waals surface area contributed by atoms with Crippen molar-refractivity contribution in [1.82, 2.24) is 10.3 Å². The molecule has 21 heavy (non-hydrogen) atoms. The normalized spacial score (nSPS) is 13.9. The minimum absolute atomic E-state index is 0.343. The van der Waals surface area contributed by atoms with E-state index in [0.717, 1.165) is 24.4 Å². The van der Waals surface area contributed by atoms with Crippen molar-refractivity contribution in [2.45, 2.75) is 32.7 Å². The lowest BCUT2D eigenvalue weighted by Gasteiger charge is -2.26. The molecular weight excluding hydrogens is 280 g/mol. The van der Waals surface area contributed by atoms with E-state index in [-0.39, 0.29) is 0 Å². The van der Waals surface area contributed by atoms with Crippen LogP contribution in [0.5, 0.6) is 0 Å². The van der Waals surface area contributed by atoms with Crippen LogP contribution in [0.2, 0.25) is 5.02 Å². The van der Waals surface area contributed by atoms with Crippen LogP contribution in [0, 0.1) is 5.92 Å². The van der Waals surface area contributed by atoms with Gasteiger partial charge in [0.05, 0.1) is 5.02 Å². The number of rotatable bonds is 7. The SMILES string of the molecule is CCCNC(c1ccccc1)C(C)Cc1ccncc1Cl. The van der Waals surface area contributed by atoms with Crippen molar-refractivity contribution >= 4 is 11.6 Å². The van der Waals surface area contributed by atoms with Crippen molar-refractivity contribution in [2.24, 2.45) is 5.92 Å². The van der Waals surface area contributed by atoms with E-state index in [1.165, 1.54) is 11.1 Å². The van der Waals surface area contributed by atoms with Crippen molar-refractivity contribution in [3.63, 3.8) is 0 Å². The van der Waals surface area contributed by atoms with Crippen molar-refractivity contribution in [3.8, 4) is 0 Å². The van der Waals surface area contributed by atoms with E-state index in [9.17, 15) is 0 Å². The Hall–Kier alpha value is -1.38. The van der Waals surface area contributed by atoms with Crippen LogP contribution in [0.3, 0.4) is 0 Å². The van der Waals surface area contributed by atoms with Gasteiger partial charge in [-0.1, -0.05) is 55.8 Å². The van der Waals surface area contributed by atoms with Gasteiger partial charge in [0.15, 0.2) is 0 Å². The summed E-state index contributed by atoms with van der Waals surface area (Å²) in [5.74, 6) is 0.457. The summed E-state index contributed by atoms with van der Waals surface area (Å²) in [6.07, 6.45) is 5.61. The first-order valence-electron chi connectivity index (χ1n) is 7.59. The second-order valence-corrected chi connectivity index (χ2v) is 5.90. The zero-order valence-electron chi connectivity index (χ0n) is 12.7. The van der Waals surface area contributed by atoms with Crippen LogP contribution in [-0.2, 0) is 6.42 Å². The van der Waals surface area contributed by atoms with Crippen LogP contribution in [-0.4, -0.2) is 11.5 Å². The van der Waals surface area contributed by atoms with E-state index < -0.39 is 0 Å². The summed E-state index contributed by atoms with van der Waals surface area (Å²) >= 11 is 6.24. The zero-order valence-corrected chi connectivity index (χ0v) is 13.5. The maximum absolute atomic E-state index is 6.24. The molecule has 0 radical (unpaired) electrons. The first kappa shape index (κ1) is 16.0. The number of benzene rings is 1. The number of hydrogen-bond donors (Lipinski definition) is 1. The molecule has 2 atom stereocenters. The molecule has 2 aromatic rings. The molecule has 2 rings (SSSR count). The number of hydrogen-bond acceptors (Lipinski definition) is 2. The molecule has 0 saturated carbocycles. The number of nitrogens with one attached hydrogen (secondary N) is 1. The zero-order chi connectivity index (χ0) is 15.1. The van der Waals surface area contributed by atoms with E-state index in [0.29, 0.717) is 12.0 Å². The smallest absolute Gasteiger partial charge is 0.0621 e. The van der Waals surface area contributed by atoms with Crippen LogP contribution in [0.25, 0.3) is 0 Å². The second kappa shape index (κ2) is 8.16. The van der Waals surface area contributed by atoms with Crippen LogP contribution in [0.15, 0.2) is 48.8 Å². The van der Waals surface area contributed by atoms with Crippen molar-refractivity contribution in [3.05, 3.63) is 64.9 Å². The standard InChI is InChI=1S/C18H23ClN2/c1-3-10-21-18(15-7-5-4-6-8-15)14(2)12-16-9-11-20-13-17(16)19/h4-9,11,13-14,18,21H,3,10,12H2,1-2H3. The predicted octanol–water partition coefficient (Wildman–Crippen LogP) is 4.65. The van der Waals surface area contributed by atoms with E-state index in [2.05, 4.69) is 54.5 Å². The fraction of sp³-hybridized carbons (Fsp3) is 0.389. The van der Waals surface area contributed by atoms with Crippen LogP contribution >= 0.6 is 11.6 Å². The van der Waals surface area contributed by atoms with Crippen molar-refractivity contribution < 1.29 is 0 Å². The minimum atomic E-state index is 0.343. The largest absolute Gasteiger partial charge is 0.310 e. The van der Waals surface area contributed by atoms with Gasteiger partial charge in [-0.3, -0.25) is 4.98 Å². The van der Waals surface area contributed by atoms with Gasteiger partial charge in [-0.15, -0.1) is 0 Å². The highest BCUT2D eigenvalue weighted by atomic mass is 35.5. The highest BCUT2D eigenvalue weighted by Gasteiger charge is 2.19. The first-order chi connectivity index (χ1) is 10.2.